The van der Waals surface area contributed by atoms with Crippen molar-refractivity contribution >= 4 is 23.1 Å². The molecule has 1 aliphatic rings. The first-order chi connectivity index (χ1) is 5.29. The van der Waals surface area contributed by atoms with Crippen LogP contribution in [0, 0.1) is 12.3 Å². The molecule has 3 heteroatoms. The molecule has 0 aromatic heterocycles. The maximum absolute atomic E-state index is 2.58. The van der Waals surface area contributed by atoms with Crippen LogP contribution >= 0.6 is 0 Å². The number of halogens is 1. The molecule has 0 radical (unpaired) electrons. The maximum atomic E-state index is 2.58. The third kappa shape index (κ3) is 8.04. The van der Waals surface area contributed by atoms with Gasteiger partial charge in [-0.15, -0.1) is 0 Å². The summed E-state index contributed by atoms with van der Waals surface area (Å²) in [6, 6.07) is 0. The van der Waals surface area contributed by atoms with Gasteiger partial charge in [-0.1, -0.05) is 13.8 Å². The molecular weight excluding hydrogens is 194 g/mol. The van der Waals surface area contributed by atoms with Crippen molar-refractivity contribution in [3.8, 4) is 0 Å². The van der Waals surface area contributed by atoms with Crippen LogP contribution in [0.3, 0.4) is 0 Å². The summed E-state index contributed by atoms with van der Waals surface area (Å²) in [4.78, 5) is 2.58. The Morgan fingerprint density at radius 3 is 2.23 bits per heavy atom. The second-order valence-corrected chi connectivity index (χ2v) is 3.89. The van der Waals surface area contributed by atoms with E-state index in [2.05, 4.69) is 25.2 Å². The third-order valence-electron chi connectivity index (χ3n) is 2.32. The van der Waals surface area contributed by atoms with E-state index in [0.29, 0.717) is 0 Å². The molecule has 1 saturated heterocycles. The summed E-state index contributed by atoms with van der Waals surface area (Å²) >= 11 is 0. The van der Waals surface area contributed by atoms with Crippen LogP contribution in [0.1, 0.15) is 33.1 Å². The van der Waals surface area contributed by atoms with E-state index in [4.69, 9.17) is 0 Å². The molecular formula is C10H20ClMgN. The molecule has 1 aliphatic heterocycles. The molecule has 0 unspecified atom stereocenters. The van der Waals surface area contributed by atoms with Gasteiger partial charge in [0, 0.05) is 0 Å². The predicted molar refractivity (Wildman–Crippen MR) is 55.2 cm³/mol. The van der Waals surface area contributed by atoms with Gasteiger partial charge in [-0.25, -0.2) is 0 Å². The van der Waals surface area contributed by atoms with Gasteiger partial charge in [-0.05, 0) is 32.0 Å². The Bertz CT molecular complexity index is 103. The number of piperidine rings is 1. The van der Waals surface area contributed by atoms with Crippen molar-refractivity contribution in [3.05, 3.63) is 6.42 Å². The van der Waals surface area contributed by atoms with Crippen molar-refractivity contribution in [2.75, 3.05) is 19.6 Å². The third-order valence-corrected chi connectivity index (χ3v) is 2.32. The molecule has 0 aromatic rings. The Hall–Kier alpha value is 1.02. The molecule has 0 bridgehead atoms. The number of nitrogens with zero attached hydrogens (tertiary/aromatic N) is 1. The summed E-state index contributed by atoms with van der Waals surface area (Å²) < 4.78 is 0. The second-order valence-electron chi connectivity index (χ2n) is 3.89. The van der Waals surface area contributed by atoms with Crippen LogP contribution in [0.2, 0.25) is 0 Å². The monoisotopic (exact) mass is 213 g/mol. The van der Waals surface area contributed by atoms with E-state index in [1.165, 1.54) is 38.9 Å². The molecule has 0 spiro atoms. The van der Waals surface area contributed by atoms with E-state index in [9.17, 15) is 0 Å². The van der Waals surface area contributed by atoms with Crippen molar-refractivity contribution in [2.24, 2.45) is 5.92 Å². The molecule has 0 aliphatic carbocycles. The summed E-state index contributed by atoms with van der Waals surface area (Å²) in [6.45, 7) is 8.51. The summed E-state index contributed by atoms with van der Waals surface area (Å²) in [7, 11) is 0. The SMILES string of the molecule is CC(C)CCN1CC[CH-]CC1.[Cl-].[Mg+2]. The second kappa shape index (κ2) is 9.57. The van der Waals surface area contributed by atoms with Crippen LogP contribution < -0.4 is 12.4 Å². The molecule has 13 heavy (non-hydrogen) atoms. The van der Waals surface area contributed by atoms with Crippen LogP contribution in [0.25, 0.3) is 0 Å². The Balaban J connectivity index is 0. The minimum absolute atomic E-state index is 0. The van der Waals surface area contributed by atoms with Crippen molar-refractivity contribution in [3.63, 3.8) is 0 Å². The first kappa shape index (κ1) is 16.4. The van der Waals surface area contributed by atoms with Gasteiger partial charge in [0.05, 0.1) is 0 Å². The van der Waals surface area contributed by atoms with Gasteiger partial charge in [0.15, 0.2) is 0 Å². The topological polar surface area (TPSA) is 3.24 Å². The molecule has 74 valence electrons. The molecule has 1 fully saturated rings. The van der Waals surface area contributed by atoms with E-state index < -0.39 is 0 Å². The normalized spacial score (nSPS) is 17.8. The van der Waals surface area contributed by atoms with E-state index in [0.717, 1.165) is 5.92 Å². The standard InChI is InChI=1S/C10H20N.ClH.Mg/c1-10(2)6-9-11-7-4-3-5-8-11;;/h3,10H,4-9H2,1-2H3;1H;/q-1;;+2/p-1. The predicted octanol–water partition coefficient (Wildman–Crippen LogP) is -1.04. The van der Waals surface area contributed by atoms with Crippen molar-refractivity contribution in [1.82, 2.24) is 4.90 Å². The molecule has 0 atom stereocenters. The minimum atomic E-state index is 0. The van der Waals surface area contributed by atoms with Gasteiger partial charge in [0.1, 0.15) is 0 Å². The Kier molecular flexibility index (Phi) is 12.1. The zero-order valence-corrected chi connectivity index (χ0v) is 11.1. The molecule has 0 saturated carbocycles. The Morgan fingerprint density at radius 2 is 1.77 bits per heavy atom. The number of hydrogen-bond donors (Lipinski definition) is 0. The first-order valence-corrected chi connectivity index (χ1v) is 4.83. The Morgan fingerprint density at radius 1 is 1.23 bits per heavy atom. The quantitative estimate of drug-likeness (QED) is 0.428. The minimum Gasteiger partial charge on any atom is -1.00 e. The molecule has 1 nitrogen and oxygen atoms in total. The van der Waals surface area contributed by atoms with Gasteiger partial charge in [0.2, 0.25) is 0 Å². The van der Waals surface area contributed by atoms with Crippen molar-refractivity contribution in [1.29, 1.82) is 0 Å². The van der Waals surface area contributed by atoms with Crippen LogP contribution in [0.15, 0.2) is 0 Å². The van der Waals surface area contributed by atoms with Gasteiger partial charge >= 0.3 is 23.1 Å². The zero-order chi connectivity index (χ0) is 8.10. The van der Waals surface area contributed by atoms with Crippen LogP contribution in [0.4, 0.5) is 0 Å². The van der Waals surface area contributed by atoms with Crippen LogP contribution in [0.5, 0.6) is 0 Å². The fourth-order valence-electron chi connectivity index (χ4n) is 1.47. The number of rotatable bonds is 3. The van der Waals surface area contributed by atoms with Crippen LogP contribution in [-0.4, -0.2) is 47.6 Å². The average Bonchev–Trinajstić information content (AvgIpc) is 2.03. The van der Waals surface area contributed by atoms with Gasteiger partial charge in [0.25, 0.3) is 0 Å². The fourth-order valence-corrected chi connectivity index (χ4v) is 1.47. The van der Waals surface area contributed by atoms with Crippen LogP contribution in [-0.2, 0) is 0 Å². The smallest absolute Gasteiger partial charge is 1.00 e. The van der Waals surface area contributed by atoms with Gasteiger partial charge < -0.3 is 23.7 Å². The summed E-state index contributed by atoms with van der Waals surface area (Å²) in [5.74, 6) is 0.862. The van der Waals surface area contributed by atoms with E-state index in [-0.39, 0.29) is 35.5 Å². The molecule has 0 aromatic carbocycles. The van der Waals surface area contributed by atoms with E-state index in [1.807, 2.05) is 0 Å². The first-order valence-electron chi connectivity index (χ1n) is 4.83. The van der Waals surface area contributed by atoms with E-state index >= 15 is 0 Å². The summed E-state index contributed by atoms with van der Waals surface area (Å²) in [6.07, 6.45) is 6.38. The summed E-state index contributed by atoms with van der Waals surface area (Å²) in [5, 5.41) is 0. The Labute approximate surface area is 105 Å². The molecule has 0 amide bonds. The number of likely N-dealkylation sites (tertiary alicyclic amines) is 1. The van der Waals surface area contributed by atoms with Crippen molar-refractivity contribution < 1.29 is 12.4 Å². The number of hydrogen-bond acceptors (Lipinski definition) is 1. The molecule has 1 heterocycles. The van der Waals surface area contributed by atoms with Gasteiger partial charge in [-0.3, -0.25) is 0 Å². The summed E-state index contributed by atoms with van der Waals surface area (Å²) in [5.41, 5.74) is 0. The van der Waals surface area contributed by atoms with E-state index in [1.54, 1.807) is 0 Å². The molecule has 0 N–H and O–H groups in total. The fraction of sp³-hybridized carbons (Fsp3) is 0.900. The van der Waals surface area contributed by atoms with Gasteiger partial charge in [-0.2, -0.15) is 12.8 Å². The zero-order valence-electron chi connectivity index (χ0n) is 8.93. The maximum Gasteiger partial charge on any atom is 2.00 e. The molecule has 1 rings (SSSR count). The van der Waals surface area contributed by atoms with Crippen molar-refractivity contribution in [2.45, 2.75) is 33.1 Å². The largest absolute Gasteiger partial charge is 2.00 e. The average molecular weight is 214 g/mol.